The molecule has 0 amide bonds. The molecule has 0 saturated carbocycles. The van der Waals surface area contributed by atoms with Gasteiger partial charge in [0.25, 0.3) is 5.69 Å². The molecule has 0 aliphatic heterocycles. The lowest BCUT2D eigenvalue weighted by molar-refractivity contribution is -0.384. The zero-order valence-corrected chi connectivity index (χ0v) is 11.8. The number of aliphatic carboxylic acids is 1. The summed E-state index contributed by atoms with van der Waals surface area (Å²) in [6.07, 6.45) is 2.66. The van der Waals surface area contributed by atoms with E-state index in [1.165, 1.54) is 24.3 Å². The number of nitro benzene ring substituents is 1. The largest absolute Gasteiger partial charge is 0.490 e. The Morgan fingerprint density at radius 3 is 2.81 bits per heavy atom. The zero-order chi connectivity index (χ0) is 15.8. The van der Waals surface area contributed by atoms with Crippen molar-refractivity contribution in [2.24, 2.45) is 0 Å². The van der Waals surface area contributed by atoms with Crippen molar-refractivity contribution in [3.05, 3.63) is 40.0 Å². The van der Waals surface area contributed by atoms with Gasteiger partial charge in [-0.3, -0.25) is 10.1 Å². The van der Waals surface area contributed by atoms with E-state index in [4.69, 9.17) is 14.6 Å². The molecule has 0 aliphatic carbocycles. The van der Waals surface area contributed by atoms with Crippen LogP contribution in [-0.2, 0) is 9.53 Å². The van der Waals surface area contributed by atoms with Gasteiger partial charge in [-0.2, -0.15) is 0 Å². The Kier molecular flexibility index (Phi) is 6.35. The van der Waals surface area contributed by atoms with Gasteiger partial charge in [0, 0.05) is 43.9 Å². The summed E-state index contributed by atoms with van der Waals surface area (Å²) >= 11 is 0. The Labute approximate surface area is 121 Å². The van der Waals surface area contributed by atoms with Crippen molar-refractivity contribution in [2.75, 3.05) is 13.7 Å². The molecular formula is C14H17NO6. The summed E-state index contributed by atoms with van der Waals surface area (Å²) in [4.78, 5) is 20.8. The summed E-state index contributed by atoms with van der Waals surface area (Å²) in [6, 6.07) is 4.05. The van der Waals surface area contributed by atoms with Gasteiger partial charge >= 0.3 is 5.97 Å². The number of carbonyl (C=O) groups is 1. The Balaban J connectivity index is 3.00. The first-order valence-corrected chi connectivity index (χ1v) is 6.29. The number of ether oxygens (including phenoxy) is 2. The zero-order valence-electron chi connectivity index (χ0n) is 11.8. The first-order valence-electron chi connectivity index (χ1n) is 6.29. The average molecular weight is 295 g/mol. The Morgan fingerprint density at radius 2 is 2.24 bits per heavy atom. The minimum absolute atomic E-state index is 0.128. The minimum Gasteiger partial charge on any atom is -0.490 e. The van der Waals surface area contributed by atoms with Gasteiger partial charge in [0.1, 0.15) is 5.75 Å². The van der Waals surface area contributed by atoms with Crippen molar-refractivity contribution in [3.63, 3.8) is 0 Å². The highest BCUT2D eigenvalue weighted by atomic mass is 16.6. The van der Waals surface area contributed by atoms with Crippen LogP contribution in [0.1, 0.15) is 18.9 Å². The van der Waals surface area contributed by atoms with E-state index in [9.17, 15) is 14.9 Å². The van der Waals surface area contributed by atoms with Crippen molar-refractivity contribution in [1.29, 1.82) is 0 Å². The summed E-state index contributed by atoms with van der Waals surface area (Å²) in [6.45, 7) is 2.36. The number of hydrogen-bond acceptors (Lipinski definition) is 5. The highest BCUT2D eigenvalue weighted by molar-refractivity contribution is 5.86. The number of nitrogens with zero attached hydrogens (tertiary/aromatic N) is 1. The standard InChI is InChI=1S/C14H17NO6/c1-10(7-8-20-2)21-13-5-4-12(15(18)19)9-11(13)3-6-14(16)17/h3-6,9-10H,7-8H2,1-2H3,(H,16,17)/b6-3+. The van der Waals surface area contributed by atoms with Crippen LogP contribution in [0.15, 0.2) is 24.3 Å². The van der Waals surface area contributed by atoms with Crippen LogP contribution >= 0.6 is 0 Å². The van der Waals surface area contributed by atoms with E-state index < -0.39 is 10.9 Å². The second kappa shape index (κ2) is 8.01. The lowest BCUT2D eigenvalue weighted by Gasteiger charge is -2.16. The first kappa shape index (κ1) is 16.6. The van der Waals surface area contributed by atoms with Gasteiger partial charge in [0.05, 0.1) is 11.0 Å². The Morgan fingerprint density at radius 1 is 1.52 bits per heavy atom. The van der Waals surface area contributed by atoms with Crippen LogP contribution in [0.2, 0.25) is 0 Å². The van der Waals surface area contributed by atoms with Gasteiger partial charge in [0.15, 0.2) is 0 Å². The van der Waals surface area contributed by atoms with Crippen LogP contribution in [0.5, 0.6) is 5.75 Å². The Bertz CT molecular complexity index is 540. The van der Waals surface area contributed by atoms with E-state index >= 15 is 0 Å². The molecule has 0 heterocycles. The monoisotopic (exact) mass is 295 g/mol. The van der Waals surface area contributed by atoms with Gasteiger partial charge in [-0.25, -0.2) is 4.79 Å². The molecule has 0 spiro atoms. The normalized spacial score (nSPS) is 12.3. The molecule has 1 atom stereocenters. The third-order valence-corrected chi connectivity index (χ3v) is 2.67. The molecule has 0 radical (unpaired) electrons. The predicted octanol–water partition coefficient (Wildman–Crippen LogP) is 2.50. The second-order valence-corrected chi connectivity index (χ2v) is 4.36. The number of non-ortho nitro benzene ring substituents is 1. The number of benzene rings is 1. The number of carboxylic acid groups (broad SMARTS) is 1. The average Bonchev–Trinajstić information content (AvgIpc) is 2.43. The minimum atomic E-state index is -1.14. The molecule has 1 aromatic carbocycles. The maximum atomic E-state index is 10.8. The predicted molar refractivity (Wildman–Crippen MR) is 76.3 cm³/mol. The number of nitro groups is 1. The molecule has 0 fully saturated rings. The summed E-state index contributed by atoms with van der Waals surface area (Å²) in [5, 5.41) is 19.4. The summed E-state index contributed by atoms with van der Waals surface area (Å²) in [5.41, 5.74) is 0.216. The van der Waals surface area contributed by atoms with E-state index in [0.717, 1.165) is 6.08 Å². The van der Waals surface area contributed by atoms with E-state index in [-0.39, 0.29) is 11.8 Å². The smallest absolute Gasteiger partial charge is 0.328 e. The SMILES string of the molecule is COCCC(C)Oc1ccc([N+](=O)[O-])cc1/C=C/C(=O)O. The molecule has 114 valence electrons. The molecule has 0 bridgehead atoms. The fraction of sp³-hybridized carbons (Fsp3) is 0.357. The van der Waals surface area contributed by atoms with Crippen LogP contribution in [-0.4, -0.2) is 35.8 Å². The van der Waals surface area contributed by atoms with Crippen molar-refractivity contribution in [1.82, 2.24) is 0 Å². The molecule has 7 heteroatoms. The molecule has 0 saturated heterocycles. The maximum Gasteiger partial charge on any atom is 0.328 e. The number of carboxylic acids is 1. The van der Waals surface area contributed by atoms with Gasteiger partial charge in [0.2, 0.25) is 0 Å². The van der Waals surface area contributed by atoms with Crippen molar-refractivity contribution in [2.45, 2.75) is 19.4 Å². The van der Waals surface area contributed by atoms with Crippen LogP contribution in [0.4, 0.5) is 5.69 Å². The molecule has 21 heavy (non-hydrogen) atoms. The molecule has 0 aromatic heterocycles. The van der Waals surface area contributed by atoms with Gasteiger partial charge < -0.3 is 14.6 Å². The van der Waals surface area contributed by atoms with Gasteiger partial charge in [-0.05, 0) is 19.1 Å². The number of methoxy groups -OCH3 is 1. The molecule has 1 N–H and O–H groups in total. The van der Waals surface area contributed by atoms with Crippen LogP contribution < -0.4 is 4.74 Å². The van der Waals surface area contributed by atoms with E-state index in [1.54, 1.807) is 7.11 Å². The second-order valence-electron chi connectivity index (χ2n) is 4.36. The Hall–Kier alpha value is -2.41. The van der Waals surface area contributed by atoms with Gasteiger partial charge in [-0.15, -0.1) is 0 Å². The maximum absolute atomic E-state index is 10.8. The summed E-state index contributed by atoms with van der Waals surface area (Å²) in [7, 11) is 1.58. The molecule has 7 nitrogen and oxygen atoms in total. The quantitative estimate of drug-likeness (QED) is 0.449. The molecule has 1 rings (SSSR count). The molecule has 1 unspecified atom stereocenters. The van der Waals surface area contributed by atoms with E-state index in [1.807, 2.05) is 6.92 Å². The summed E-state index contributed by atoms with van der Waals surface area (Å²) in [5.74, 6) is -0.749. The van der Waals surface area contributed by atoms with E-state index in [0.29, 0.717) is 24.3 Å². The lowest BCUT2D eigenvalue weighted by atomic mass is 10.1. The lowest BCUT2D eigenvalue weighted by Crippen LogP contribution is -2.14. The van der Waals surface area contributed by atoms with E-state index in [2.05, 4.69) is 0 Å². The summed E-state index contributed by atoms with van der Waals surface area (Å²) < 4.78 is 10.6. The van der Waals surface area contributed by atoms with Crippen molar-refractivity contribution >= 4 is 17.7 Å². The number of hydrogen-bond donors (Lipinski definition) is 1. The molecule has 1 aromatic rings. The van der Waals surface area contributed by atoms with Gasteiger partial charge in [-0.1, -0.05) is 0 Å². The third-order valence-electron chi connectivity index (χ3n) is 2.67. The molecular weight excluding hydrogens is 278 g/mol. The molecule has 0 aliphatic rings. The van der Waals surface area contributed by atoms with Crippen molar-refractivity contribution < 1.29 is 24.3 Å². The highest BCUT2D eigenvalue weighted by Gasteiger charge is 2.12. The highest BCUT2D eigenvalue weighted by Crippen LogP contribution is 2.26. The first-order chi connectivity index (χ1) is 9.93. The number of rotatable bonds is 8. The fourth-order valence-corrected chi connectivity index (χ4v) is 1.61. The van der Waals surface area contributed by atoms with Crippen LogP contribution in [0.3, 0.4) is 0 Å². The van der Waals surface area contributed by atoms with Crippen molar-refractivity contribution in [3.8, 4) is 5.75 Å². The fourth-order valence-electron chi connectivity index (χ4n) is 1.61. The third kappa shape index (κ3) is 5.62. The van der Waals surface area contributed by atoms with Crippen LogP contribution in [0, 0.1) is 10.1 Å². The van der Waals surface area contributed by atoms with Crippen LogP contribution in [0.25, 0.3) is 6.08 Å². The topological polar surface area (TPSA) is 98.9 Å².